The highest BCUT2D eigenvalue weighted by atomic mass is 35.5. The van der Waals surface area contributed by atoms with E-state index in [9.17, 15) is 27.6 Å². The van der Waals surface area contributed by atoms with Crippen LogP contribution in [-0.4, -0.2) is 24.0 Å². The normalized spacial score (nSPS) is 11.2. The summed E-state index contributed by atoms with van der Waals surface area (Å²) in [5, 5.41) is 5.92. The number of hydrogen-bond acceptors (Lipinski definition) is 5. The molecule has 7 nitrogen and oxygen atoms in total. The molecule has 0 aromatic heterocycles. The van der Waals surface area contributed by atoms with Gasteiger partial charge in [-0.1, -0.05) is 41.9 Å². The zero-order valence-corrected chi connectivity index (χ0v) is 17.9. The lowest BCUT2D eigenvalue weighted by Gasteiger charge is -2.09. The van der Waals surface area contributed by atoms with Crippen LogP contribution >= 0.6 is 11.6 Å². The molecule has 0 bridgehead atoms. The number of ether oxygens (including phenoxy) is 1. The number of halogens is 4. The standard InChI is InChI=1S/C23H15ClF3N3O4/c24-19-10-2-1-9-18(19)22(33)34-17-8-3-5-14(11-17)13-28-30-21(32)20(31)29-16-7-4-6-15(12-16)23(25,26)27/h1-13H,(H,29,31)(H,30,32)/b28-13+. The number of rotatable bonds is 5. The minimum absolute atomic E-state index is 0.183. The van der Waals surface area contributed by atoms with Crippen molar-refractivity contribution in [1.29, 1.82) is 0 Å². The summed E-state index contributed by atoms with van der Waals surface area (Å²) in [4.78, 5) is 36.0. The number of nitrogens with one attached hydrogen (secondary N) is 2. The second-order valence-electron chi connectivity index (χ2n) is 6.67. The molecule has 174 valence electrons. The van der Waals surface area contributed by atoms with E-state index in [-0.39, 0.29) is 22.0 Å². The Morgan fingerprint density at radius 2 is 1.65 bits per heavy atom. The smallest absolute Gasteiger partial charge is 0.416 e. The van der Waals surface area contributed by atoms with Crippen LogP contribution in [0.5, 0.6) is 5.75 Å². The Hall–Kier alpha value is -4.18. The second kappa shape index (κ2) is 10.6. The number of hydrazone groups is 1. The van der Waals surface area contributed by atoms with Crippen LogP contribution in [0, 0.1) is 0 Å². The first kappa shape index (κ1) is 24.5. The lowest BCUT2D eigenvalue weighted by atomic mass is 10.2. The van der Waals surface area contributed by atoms with Crippen LogP contribution in [0.1, 0.15) is 21.5 Å². The van der Waals surface area contributed by atoms with E-state index in [2.05, 4.69) is 10.4 Å². The molecule has 0 saturated heterocycles. The maximum atomic E-state index is 12.7. The fraction of sp³-hybridized carbons (Fsp3) is 0.0435. The number of hydrogen-bond donors (Lipinski definition) is 2. The van der Waals surface area contributed by atoms with Gasteiger partial charge in [-0.2, -0.15) is 18.3 Å². The van der Waals surface area contributed by atoms with Crippen LogP contribution in [0.15, 0.2) is 77.9 Å². The summed E-state index contributed by atoms with van der Waals surface area (Å²) in [6.07, 6.45) is -3.41. The number of carbonyl (C=O) groups is 3. The number of anilines is 1. The summed E-state index contributed by atoms with van der Waals surface area (Å²) >= 11 is 5.97. The molecule has 2 amide bonds. The summed E-state index contributed by atoms with van der Waals surface area (Å²) in [6, 6.07) is 16.3. The van der Waals surface area contributed by atoms with Gasteiger partial charge in [0.2, 0.25) is 0 Å². The molecule has 0 spiro atoms. The van der Waals surface area contributed by atoms with Crippen molar-refractivity contribution in [2.45, 2.75) is 6.18 Å². The van der Waals surface area contributed by atoms with Crippen molar-refractivity contribution < 1.29 is 32.3 Å². The Morgan fingerprint density at radius 1 is 0.912 bits per heavy atom. The number of benzene rings is 3. The van der Waals surface area contributed by atoms with E-state index in [0.717, 1.165) is 12.1 Å². The molecule has 11 heteroatoms. The molecular formula is C23H15ClF3N3O4. The molecule has 0 heterocycles. The summed E-state index contributed by atoms with van der Waals surface area (Å²) in [7, 11) is 0. The molecule has 3 aromatic rings. The quantitative estimate of drug-likeness (QED) is 0.179. The van der Waals surface area contributed by atoms with Crippen LogP contribution in [0.25, 0.3) is 0 Å². The third kappa shape index (κ3) is 6.66. The minimum Gasteiger partial charge on any atom is -0.423 e. The van der Waals surface area contributed by atoms with Crippen molar-refractivity contribution >= 4 is 41.3 Å². The molecule has 3 aromatic carbocycles. The van der Waals surface area contributed by atoms with Gasteiger partial charge in [0.15, 0.2) is 0 Å². The van der Waals surface area contributed by atoms with Crippen LogP contribution in [-0.2, 0) is 15.8 Å². The van der Waals surface area contributed by atoms with Crippen LogP contribution in [0.4, 0.5) is 18.9 Å². The van der Waals surface area contributed by atoms with E-state index in [0.29, 0.717) is 11.6 Å². The van der Waals surface area contributed by atoms with E-state index in [1.165, 1.54) is 30.5 Å². The highest BCUT2D eigenvalue weighted by molar-refractivity contribution is 6.39. The first-order chi connectivity index (χ1) is 16.1. The van der Waals surface area contributed by atoms with Gasteiger partial charge < -0.3 is 10.1 Å². The summed E-state index contributed by atoms with van der Waals surface area (Å²) in [6.45, 7) is 0. The van der Waals surface area contributed by atoms with Crippen LogP contribution < -0.4 is 15.5 Å². The SMILES string of the molecule is O=C(N/N=C/c1cccc(OC(=O)c2ccccc2Cl)c1)C(=O)Nc1cccc(C(F)(F)F)c1. The van der Waals surface area contributed by atoms with Gasteiger partial charge in [0.1, 0.15) is 5.75 Å². The molecule has 0 radical (unpaired) electrons. The first-order valence-corrected chi connectivity index (χ1v) is 9.90. The Labute approximate surface area is 196 Å². The fourth-order valence-electron chi connectivity index (χ4n) is 2.62. The predicted octanol–water partition coefficient (Wildman–Crippen LogP) is 4.67. The molecule has 0 aliphatic carbocycles. The van der Waals surface area contributed by atoms with Gasteiger partial charge in [0.25, 0.3) is 0 Å². The van der Waals surface area contributed by atoms with Crippen molar-refractivity contribution in [3.8, 4) is 5.75 Å². The number of esters is 1. The van der Waals surface area contributed by atoms with Gasteiger partial charge in [-0.25, -0.2) is 10.2 Å². The average molecular weight is 490 g/mol. The maximum absolute atomic E-state index is 12.7. The fourth-order valence-corrected chi connectivity index (χ4v) is 2.84. The van der Waals surface area contributed by atoms with Crippen molar-refractivity contribution in [2.24, 2.45) is 5.10 Å². The average Bonchev–Trinajstić information content (AvgIpc) is 2.79. The van der Waals surface area contributed by atoms with Gasteiger partial charge in [-0.05, 0) is 48.0 Å². The van der Waals surface area contributed by atoms with Gasteiger partial charge >= 0.3 is 24.0 Å². The summed E-state index contributed by atoms with van der Waals surface area (Å²) in [5.41, 5.74) is 1.39. The molecule has 0 aliphatic heterocycles. The third-order valence-corrected chi connectivity index (χ3v) is 4.53. The lowest BCUT2D eigenvalue weighted by molar-refractivity contribution is -0.137. The summed E-state index contributed by atoms with van der Waals surface area (Å²) in [5.74, 6) is -2.89. The third-order valence-electron chi connectivity index (χ3n) is 4.20. The van der Waals surface area contributed by atoms with Gasteiger partial charge in [0, 0.05) is 5.69 Å². The second-order valence-corrected chi connectivity index (χ2v) is 7.08. The number of nitrogens with zero attached hydrogens (tertiary/aromatic N) is 1. The van der Waals surface area contributed by atoms with Crippen LogP contribution in [0.2, 0.25) is 5.02 Å². The topological polar surface area (TPSA) is 96.9 Å². The lowest BCUT2D eigenvalue weighted by Crippen LogP contribution is -2.32. The monoisotopic (exact) mass is 489 g/mol. The molecule has 0 fully saturated rings. The molecule has 0 saturated carbocycles. The number of alkyl halides is 3. The van der Waals surface area contributed by atoms with Crippen molar-refractivity contribution in [1.82, 2.24) is 5.43 Å². The van der Waals surface area contributed by atoms with Gasteiger partial charge in [0.05, 0.1) is 22.4 Å². The summed E-state index contributed by atoms with van der Waals surface area (Å²) < 4.78 is 43.5. The van der Waals surface area contributed by atoms with E-state index < -0.39 is 29.5 Å². The maximum Gasteiger partial charge on any atom is 0.416 e. The Morgan fingerprint density at radius 3 is 2.38 bits per heavy atom. The Bertz CT molecular complexity index is 1260. The van der Waals surface area contributed by atoms with Crippen molar-refractivity contribution in [2.75, 3.05) is 5.32 Å². The first-order valence-electron chi connectivity index (χ1n) is 9.52. The Balaban J connectivity index is 1.58. The van der Waals surface area contributed by atoms with E-state index >= 15 is 0 Å². The van der Waals surface area contributed by atoms with Crippen molar-refractivity contribution in [3.05, 3.63) is 94.5 Å². The molecule has 0 aliphatic rings. The highest BCUT2D eigenvalue weighted by Crippen LogP contribution is 2.30. The largest absolute Gasteiger partial charge is 0.423 e. The van der Waals surface area contributed by atoms with E-state index in [4.69, 9.17) is 16.3 Å². The van der Waals surface area contributed by atoms with Crippen LogP contribution in [0.3, 0.4) is 0 Å². The zero-order chi connectivity index (χ0) is 24.7. The Kier molecular flexibility index (Phi) is 7.64. The molecular weight excluding hydrogens is 475 g/mol. The molecule has 2 N–H and O–H groups in total. The zero-order valence-electron chi connectivity index (χ0n) is 17.1. The number of carbonyl (C=O) groups excluding carboxylic acids is 3. The highest BCUT2D eigenvalue weighted by Gasteiger charge is 2.30. The molecule has 0 unspecified atom stereocenters. The predicted molar refractivity (Wildman–Crippen MR) is 119 cm³/mol. The molecule has 34 heavy (non-hydrogen) atoms. The van der Waals surface area contributed by atoms with E-state index in [1.807, 2.05) is 5.43 Å². The molecule has 3 rings (SSSR count). The molecule has 0 atom stereocenters. The van der Waals surface area contributed by atoms with Gasteiger partial charge in [-0.15, -0.1) is 0 Å². The number of amides is 2. The minimum atomic E-state index is -4.59. The van der Waals surface area contributed by atoms with Crippen molar-refractivity contribution in [3.63, 3.8) is 0 Å². The van der Waals surface area contributed by atoms with E-state index in [1.54, 1.807) is 30.3 Å². The van der Waals surface area contributed by atoms with Gasteiger partial charge in [-0.3, -0.25) is 9.59 Å².